The van der Waals surface area contributed by atoms with Crippen LogP contribution in [0.4, 0.5) is 0 Å². The zero-order valence-electron chi connectivity index (χ0n) is 11.9. The van der Waals surface area contributed by atoms with E-state index in [1.165, 1.54) is 14.0 Å². The van der Waals surface area contributed by atoms with Crippen LogP contribution < -0.4 is 0 Å². The number of hydrogen-bond acceptors (Lipinski definition) is 5. The van der Waals surface area contributed by atoms with Crippen molar-refractivity contribution in [2.45, 2.75) is 45.1 Å². The van der Waals surface area contributed by atoms with Gasteiger partial charge < -0.3 is 9.47 Å². The van der Waals surface area contributed by atoms with E-state index in [2.05, 4.69) is 4.74 Å². The van der Waals surface area contributed by atoms with Crippen LogP contribution in [0, 0.1) is 0 Å². The van der Waals surface area contributed by atoms with Crippen LogP contribution in [0.3, 0.4) is 0 Å². The molecule has 0 amide bonds. The van der Waals surface area contributed by atoms with E-state index in [1.54, 1.807) is 6.08 Å². The van der Waals surface area contributed by atoms with Gasteiger partial charge in [-0.15, -0.1) is 0 Å². The molecule has 0 aromatic heterocycles. The van der Waals surface area contributed by atoms with Gasteiger partial charge in [-0.2, -0.15) is 0 Å². The number of carbonyl (C=O) groups excluding carboxylic acids is 3. The molecule has 5 heteroatoms. The zero-order chi connectivity index (χ0) is 15.0. The van der Waals surface area contributed by atoms with Gasteiger partial charge in [0.15, 0.2) is 5.78 Å². The fraction of sp³-hybridized carbons (Fsp3) is 0.533. The van der Waals surface area contributed by atoms with Gasteiger partial charge in [-0.1, -0.05) is 12.2 Å². The molecule has 110 valence electrons. The SMILES string of the molecule is COC(=O)CCC=CCCC1=C[C@@H](OC(C)=O)CC1=O. The van der Waals surface area contributed by atoms with Crippen molar-refractivity contribution in [1.82, 2.24) is 0 Å². The molecule has 1 aliphatic rings. The van der Waals surface area contributed by atoms with Crippen LogP contribution in [-0.2, 0) is 23.9 Å². The summed E-state index contributed by atoms with van der Waals surface area (Å²) in [6.45, 7) is 1.33. The molecule has 5 nitrogen and oxygen atoms in total. The molecular formula is C15H20O5. The van der Waals surface area contributed by atoms with Crippen LogP contribution in [0.25, 0.3) is 0 Å². The van der Waals surface area contributed by atoms with E-state index >= 15 is 0 Å². The Labute approximate surface area is 118 Å². The predicted molar refractivity (Wildman–Crippen MR) is 72.9 cm³/mol. The van der Waals surface area contributed by atoms with Crippen molar-refractivity contribution in [3.63, 3.8) is 0 Å². The maximum absolute atomic E-state index is 11.7. The highest BCUT2D eigenvalue weighted by Gasteiger charge is 2.25. The Morgan fingerprint density at radius 1 is 1.35 bits per heavy atom. The number of rotatable bonds is 7. The van der Waals surface area contributed by atoms with Gasteiger partial charge >= 0.3 is 11.9 Å². The Balaban J connectivity index is 2.27. The van der Waals surface area contributed by atoms with Crippen LogP contribution in [0.5, 0.6) is 0 Å². The first-order valence-corrected chi connectivity index (χ1v) is 6.66. The topological polar surface area (TPSA) is 69.7 Å². The third-order valence-corrected chi connectivity index (χ3v) is 2.94. The van der Waals surface area contributed by atoms with Gasteiger partial charge in [-0.05, 0) is 30.9 Å². The Morgan fingerprint density at radius 3 is 2.70 bits per heavy atom. The molecular weight excluding hydrogens is 260 g/mol. The molecule has 1 atom stereocenters. The molecule has 0 radical (unpaired) electrons. The monoisotopic (exact) mass is 280 g/mol. The quantitative estimate of drug-likeness (QED) is 0.527. The summed E-state index contributed by atoms with van der Waals surface area (Å²) < 4.78 is 9.52. The molecule has 1 rings (SSSR count). The van der Waals surface area contributed by atoms with Crippen molar-refractivity contribution in [2.75, 3.05) is 7.11 Å². The third-order valence-electron chi connectivity index (χ3n) is 2.94. The van der Waals surface area contributed by atoms with Crippen LogP contribution in [0.1, 0.15) is 39.0 Å². The molecule has 0 spiro atoms. The summed E-state index contributed by atoms with van der Waals surface area (Å²) in [5.41, 5.74) is 0.717. The molecule has 0 N–H and O–H groups in total. The fourth-order valence-corrected chi connectivity index (χ4v) is 1.98. The second kappa shape index (κ2) is 8.30. The van der Waals surface area contributed by atoms with E-state index in [9.17, 15) is 14.4 Å². The van der Waals surface area contributed by atoms with Crippen molar-refractivity contribution < 1.29 is 23.9 Å². The summed E-state index contributed by atoms with van der Waals surface area (Å²) >= 11 is 0. The highest BCUT2D eigenvalue weighted by atomic mass is 16.5. The number of esters is 2. The summed E-state index contributed by atoms with van der Waals surface area (Å²) in [5, 5.41) is 0. The first kappa shape index (κ1) is 16.1. The van der Waals surface area contributed by atoms with E-state index in [0.29, 0.717) is 24.8 Å². The largest absolute Gasteiger partial charge is 0.469 e. The van der Waals surface area contributed by atoms with Gasteiger partial charge in [0.05, 0.1) is 13.5 Å². The van der Waals surface area contributed by atoms with E-state index < -0.39 is 6.10 Å². The molecule has 0 aliphatic heterocycles. The molecule has 20 heavy (non-hydrogen) atoms. The van der Waals surface area contributed by atoms with E-state index in [-0.39, 0.29) is 24.1 Å². The first-order valence-electron chi connectivity index (χ1n) is 6.66. The van der Waals surface area contributed by atoms with Crippen molar-refractivity contribution in [1.29, 1.82) is 0 Å². The van der Waals surface area contributed by atoms with E-state index in [4.69, 9.17) is 4.74 Å². The molecule has 0 unspecified atom stereocenters. The summed E-state index contributed by atoms with van der Waals surface area (Å²) in [6.07, 6.45) is 7.78. The predicted octanol–water partition coefficient (Wildman–Crippen LogP) is 2.11. The molecule has 0 aromatic rings. The second-order valence-corrected chi connectivity index (χ2v) is 4.59. The molecule has 0 saturated heterocycles. The standard InChI is InChI=1S/C15H20O5/c1-11(16)20-13-9-12(14(17)10-13)7-5-3-4-6-8-15(18)19-2/h3-4,9,13H,5-8,10H2,1-2H3/t13-/m1/s1. The Morgan fingerprint density at radius 2 is 2.05 bits per heavy atom. The average molecular weight is 280 g/mol. The molecule has 1 aliphatic carbocycles. The van der Waals surface area contributed by atoms with Gasteiger partial charge in [-0.3, -0.25) is 14.4 Å². The number of carbonyl (C=O) groups is 3. The lowest BCUT2D eigenvalue weighted by Crippen LogP contribution is -2.12. The summed E-state index contributed by atoms with van der Waals surface area (Å²) in [4.78, 5) is 33.4. The van der Waals surface area contributed by atoms with Crippen molar-refractivity contribution in [3.8, 4) is 0 Å². The molecule has 0 bridgehead atoms. The minimum atomic E-state index is -0.404. The van der Waals surface area contributed by atoms with Gasteiger partial charge in [0.2, 0.25) is 0 Å². The van der Waals surface area contributed by atoms with Gasteiger partial charge in [0.25, 0.3) is 0 Å². The molecule has 0 fully saturated rings. The lowest BCUT2D eigenvalue weighted by molar-refractivity contribution is -0.144. The van der Waals surface area contributed by atoms with Crippen LogP contribution in [0.15, 0.2) is 23.8 Å². The molecule has 0 heterocycles. The second-order valence-electron chi connectivity index (χ2n) is 4.59. The number of Topliss-reactive ketones (excluding diaryl/α,β-unsaturated/α-hetero) is 1. The smallest absolute Gasteiger partial charge is 0.305 e. The molecule has 0 aromatic carbocycles. The highest BCUT2D eigenvalue weighted by molar-refractivity contribution is 5.98. The Kier molecular flexibility index (Phi) is 6.70. The number of ether oxygens (including phenoxy) is 2. The van der Waals surface area contributed by atoms with Crippen molar-refractivity contribution in [2.24, 2.45) is 0 Å². The lowest BCUT2D eigenvalue weighted by Gasteiger charge is -2.05. The fourth-order valence-electron chi connectivity index (χ4n) is 1.98. The summed E-state index contributed by atoms with van der Waals surface area (Å²) in [6, 6.07) is 0. The highest BCUT2D eigenvalue weighted by Crippen LogP contribution is 2.21. The Hall–Kier alpha value is -1.91. The molecule has 0 saturated carbocycles. The normalized spacial score (nSPS) is 18.2. The number of methoxy groups -OCH3 is 1. The maximum Gasteiger partial charge on any atom is 0.305 e. The van der Waals surface area contributed by atoms with Crippen LogP contribution >= 0.6 is 0 Å². The van der Waals surface area contributed by atoms with Crippen LogP contribution in [0.2, 0.25) is 0 Å². The van der Waals surface area contributed by atoms with E-state index in [1.807, 2.05) is 12.2 Å². The Bertz CT molecular complexity index is 434. The van der Waals surface area contributed by atoms with Gasteiger partial charge in [0.1, 0.15) is 6.10 Å². The lowest BCUT2D eigenvalue weighted by atomic mass is 10.1. The first-order chi connectivity index (χ1) is 9.52. The minimum absolute atomic E-state index is 0.0409. The van der Waals surface area contributed by atoms with Gasteiger partial charge in [0, 0.05) is 13.3 Å². The van der Waals surface area contributed by atoms with Crippen LogP contribution in [-0.4, -0.2) is 30.9 Å². The van der Waals surface area contributed by atoms with Crippen molar-refractivity contribution >= 4 is 17.7 Å². The zero-order valence-corrected chi connectivity index (χ0v) is 11.9. The average Bonchev–Trinajstić information content (AvgIpc) is 2.72. The minimum Gasteiger partial charge on any atom is -0.469 e. The maximum atomic E-state index is 11.7. The van der Waals surface area contributed by atoms with E-state index in [0.717, 1.165) is 6.42 Å². The number of ketones is 1. The summed E-state index contributed by atoms with van der Waals surface area (Å²) in [7, 11) is 1.36. The van der Waals surface area contributed by atoms with Gasteiger partial charge in [-0.25, -0.2) is 0 Å². The summed E-state index contributed by atoms with van der Waals surface area (Å²) in [5.74, 6) is -0.560. The third kappa shape index (κ3) is 5.82. The number of hydrogen-bond donors (Lipinski definition) is 0. The number of allylic oxidation sites excluding steroid dienone is 3. The van der Waals surface area contributed by atoms with Crippen molar-refractivity contribution in [3.05, 3.63) is 23.8 Å².